The first kappa shape index (κ1) is 28.2. The van der Waals surface area contributed by atoms with Gasteiger partial charge in [-0.2, -0.15) is 5.10 Å². The number of para-hydroxylation sites is 2. The number of halogens is 1. The average Bonchev–Trinajstić information content (AvgIpc) is 3.76. The zero-order valence-electron chi connectivity index (χ0n) is 24.2. The number of benzene rings is 2. The Kier molecular flexibility index (Phi) is 7.73. The number of hydrogen-bond acceptors (Lipinski definition) is 3. The number of aryl methyl sites for hydroxylation is 3. The van der Waals surface area contributed by atoms with E-state index in [1.807, 2.05) is 120 Å². The van der Waals surface area contributed by atoms with E-state index in [4.69, 9.17) is 0 Å². The van der Waals surface area contributed by atoms with Crippen molar-refractivity contribution < 1.29 is 0 Å². The average molecular weight is 636 g/mol. The maximum atomic E-state index is 13.3. The van der Waals surface area contributed by atoms with Crippen LogP contribution < -0.4 is 11.1 Å². The fourth-order valence-electron chi connectivity index (χ4n) is 5.44. The van der Waals surface area contributed by atoms with Crippen molar-refractivity contribution in [2.24, 2.45) is 7.05 Å². The lowest BCUT2D eigenvalue weighted by Gasteiger charge is -2.13. The van der Waals surface area contributed by atoms with Gasteiger partial charge in [0.25, 0.3) is 11.1 Å². The molecule has 9 heteroatoms. The van der Waals surface area contributed by atoms with Crippen molar-refractivity contribution in [1.29, 1.82) is 0 Å². The molecule has 0 aliphatic carbocycles. The summed E-state index contributed by atoms with van der Waals surface area (Å²) in [7, 11) is 1.87. The Hall–Kier alpha value is -4.89. The van der Waals surface area contributed by atoms with Crippen LogP contribution in [-0.2, 0) is 19.9 Å². The third kappa shape index (κ3) is 5.17. The molecule has 7 aromatic rings. The maximum Gasteiger partial charge on any atom is 0.280 e. The Morgan fingerprint density at radius 2 is 1.19 bits per heavy atom. The SMILES string of the molecule is CCc1cn2ccc(-c3cnn(C)c3)c2c(=O)n1-c1ccccc1.CCc1cn2ccc(Br)c2c(=O)n1-c1ccccc1. The first-order valence-electron chi connectivity index (χ1n) is 14.2. The lowest BCUT2D eigenvalue weighted by Crippen LogP contribution is -2.23. The van der Waals surface area contributed by atoms with Crippen molar-refractivity contribution in [3.63, 3.8) is 0 Å². The fourth-order valence-corrected chi connectivity index (χ4v) is 5.94. The Morgan fingerprint density at radius 1 is 0.674 bits per heavy atom. The molecule has 0 unspecified atom stereocenters. The van der Waals surface area contributed by atoms with Crippen molar-refractivity contribution >= 4 is 27.0 Å². The van der Waals surface area contributed by atoms with E-state index in [9.17, 15) is 9.59 Å². The lowest BCUT2D eigenvalue weighted by atomic mass is 10.1. The van der Waals surface area contributed by atoms with Gasteiger partial charge in [0, 0.05) is 76.4 Å². The van der Waals surface area contributed by atoms with Gasteiger partial charge in [0.05, 0.1) is 6.20 Å². The quantitative estimate of drug-likeness (QED) is 0.218. The van der Waals surface area contributed by atoms with Gasteiger partial charge in [0.2, 0.25) is 0 Å². The molecule has 0 N–H and O–H groups in total. The van der Waals surface area contributed by atoms with Crippen molar-refractivity contribution in [3.05, 3.63) is 147 Å². The Bertz CT molecular complexity index is 2170. The molecule has 0 radical (unpaired) electrons. The Morgan fingerprint density at radius 3 is 1.70 bits per heavy atom. The molecule has 8 nitrogen and oxygen atoms in total. The highest BCUT2D eigenvalue weighted by molar-refractivity contribution is 9.10. The van der Waals surface area contributed by atoms with E-state index in [-0.39, 0.29) is 11.1 Å². The van der Waals surface area contributed by atoms with Crippen LogP contribution in [0.25, 0.3) is 33.5 Å². The highest BCUT2D eigenvalue weighted by Crippen LogP contribution is 2.24. The second kappa shape index (κ2) is 11.8. The van der Waals surface area contributed by atoms with Gasteiger partial charge in [0.15, 0.2) is 0 Å². The molecule has 0 saturated carbocycles. The molecule has 5 aromatic heterocycles. The third-order valence-electron chi connectivity index (χ3n) is 7.51. The monoisotopic (exact) mass is 634 g/mol. The Balaban J connectivity index is 0.000000157. The van der Waals surface area contributed by atoms with Crippen LogP contribution in [0.1, 0.15) is 25.2 Å². The van der Waals surface area contributed by atoms with Crippen LogP contribution in [0.3, 0.4) is 0 Å². The number of aromatic nitrogens is 6. The van der Waals surface area contributed by atoms with E-state index in [1.54, 1.807) is 20.0 Å². The summed E-state index contributed by atoms with van der Waals surface area (Å²) in [4.78, 5) is 26.0. The molecule has 2 aromatic carbocycles. The molecule has 0 saturated heterocycles. The van der Waals surface area contributed by atoms with Gasteiger partial charge in [-0.25, -0.2) is 0 Å². The van der Waals surface area contributed by atoms with Gasteiger partial charge in [-0.15, -0.1) is 0 Å². The van der Waals surface area contributed by atoms with Gasteiger partial charge in [-0.1, -0.05) is 50.2 Å². The first-order valence-corrected chi connectivity index (χ1v) is 15.0. The van der Waals surface area contributed by atoms with Crippen molar-refractivity contribution in [3.8, 4) is 22.5 Å². The summed E-state index contributed by atoms with van der Waals surface area (Å²) in [5, 5.41) is 4.22. The molecule has 0 bridgehead atoms. The molecule has 43 heavy (non-hydrogen) atoms. The zero-order chi connectivity index (χ0) is 30.1. The smallest absolute Gasteiger partial charge is 0.280 e. The fraction of sp³-hybridized carbons (Fsp3) is 0.147. The number of hydrogen-bond donors (Lipinski definition) is 0. The van der Waals surface area contributed by atoms with E-state index >= 15 is 0 Å². The molecule has 0 atom stereocenters. The van der Waals surface area contributed by atoms with E-state index in [1.165, 1.54) is 0 Å². The number of nitrogens with zero attached hydrogens (tertiary/aromatic N) is 6. The predicted octanol–water partition coefficient (Wildman–Crippen LogP) is 6.47. The molecule has 216 valence electrons. The molecule has 0 fully saturated rings. The lowest BCUT2D eigenvalue weighted by molar-refractivity contribution is 0.768. The van der Waals surface area contributed by atoms with E-state index in [0.717, 1.165) is 51.2 Å². The Labute approximate surface area is 256 Å². The second-order valence-electron chi connectivity index (χ2n) is 10.2. The standard InChI is InChI=1S/C19H18N4O.C15H13BrN2O/c1-3-15-13-22-10-9-17(14-11-20-21(2)12-14)18(22)19(24)23(15)16-7-5-4-6-8-16;1-2-11-10-17-9-8-13(16)14(17)15(19)18(11)12-6-4-3-5-7-12/h4-13H,3H2,1-2H3;3-10H,2H2,1H3. The minimum Gasteiger partial charge on any atom is -0.317 e. The summed E-state index contributed by atoms with van der Waals surface area (Å²) in [5.41, 5.74) is 6.94. The van der Waals surface area contributed by atoms with Crippen molar-refractivity contribution in [2.75, 3.05) is 0 Å². The van der Waals surface area contributed by atoms with Gasteiger partial charge in [-0.3, -0.25) is 23.4 Å². The van der Waals surface area contributed by atoms with Crippen LogP contribution in [-0.4, -0.2) is 27.7 Å². The first-order chi connectivity index (χ1) is 20.9. The van der Waals surface area contributed by atoms with Crippen LogP contribution in [0.4, 0.5) is 0 Å². The summed E-state index contributed by atoms with van der Waals surface area (Å²) >= 11 is 3.44. The van der Waals surface area contributed by atoms with Gasteiger partial charge >= 0.3 is 0 Å². The van der Waals surface area contributed by atoms with Crippen LogP contribution in [0.2, 0.25) is 0 Å². The van der Waals surface area contributed by atoms with Crippen LogP contribution in [0.15, 0.2) is 124 Å². The molecular formula is C34H31BrN6O2. The largest absolute Gasteiger partial charge is 0.317 e. The maximum absolute atomic E-state index is 13.3. The van der Waals surface area contributed by atoms with Crippen molar-refractivity contribution in [1.82, 2.24) is 27.7 Å². The van der Waals surface area contributed by atoms with E-state index < -0.39 is 0 Å². The van der Waals surface area contributed by atoms with Crippen LogP contribution in [0.5, 0.6) is 0 Å². The summed E-state index contributed by atoms with van der Waals surface area (Å²) in [6.45, 7) is 4.12. The molecule has 5 heterocycles. The summed E-state index contributed by atoms with van der Waals surface area (Å²) < 4.78 is 9.95. The molecule has 7 rings (SSSR count). The number of rotatable bonds is 5. The molecule has 0 aliphatic rings. The predicted molar refractivity (Wildman–Crippen MR) is 175 cm³/mol. The van der Waals surface area contributed by atoms with Crippen LogP contribution >= 0.6 is 15.9 Å². The molecule has 0 spiro atoms. The van der Waals surface area contributed by atoms with Gasteiger partial charge < -0.3 is 8.80 Å². The highest BCUT2D eigenvalue weighted by Gasteiger charge is 2.16. The molecule has 0 aliphatic heterocycles. The normalized spacial score (nSPS) is 11.2. The summed E-state index contributed by atoms with van der Waals surface area (Å²) in [5.74, 6) is 0. The summed E-state index contributed by atoms with van der Waals surface area (Å²) in [6.07, 6.45) is 13.2. The molecule has 0 amide bonds. The minimum atomic E-state index is -0.00981. The van der Waals surface area contributed by atoms with Crippen molar-refractivity contribution in [2.45, 2.75) is 26.7 Å². The van der Waals surface area contributed by atoms with E-state index in [0.29, 0.717) is 11.0 Å². The second-order valence-corrected chi connectivity index (χ2v) is 11.1. The summed E-state index contributed by atoms with van der Waals surface area (Å²) in [6, 6.07) is 23.4. The van der Waals surface area contributed by atoms with E-state index in [2.05, 4.69) is 34.9 Å². The zero-order valence-corrected chi connectivity index (χ0v) is 25.8. The van der Waals surface area contributed by atoms with Crippen LogP contribution in [0, 0.1) is 0 Å². The third-order valence-corrected chi connectivity index (χ3v) is 8.15. The van der Waals surface area contributed by atoms with Gasteiger partial charge in [-0.05, 0) is 65.2 Å². The van der Waals surface area contributed by atoms with Gasteiger partial charge in [0.1, 0.15) is 11.0 Å². The number of fused-ring (bicyclic) bond motifs is 2. The molecular weight excluding hydrogens is 604 g/mol. The minimum absolute atomic E-state index is 0.00225. The topological polar surface area (TPSA) is 70.6 Å². The highest BCUT2D eigenvalue weighted by atomic mass is 79.9.